The first-order valence-corrected chi connectivity index (χ1v) is 5.33. The fourth-order valence-electron chi connectivity index (χ4n) is 1.47. The summed E-state index contributed by atoms with van der Waals surface area (Å²) in [5, 5.41) is 9.62. The van der Waals surface area contributed by atoms with Gasteiger partial charge in [-0.2, -0.15) is 0 Å². The standard InChI is InChI=1S/C14H12O4/c1-17-11-5-7-14(16)12(9-11)13(15)6-4-10-3-2-8-18-10/h2-9,16H,1H3/b6-4+. The maximum atomic E-state index is 11.9. The van der Waals surface area contributed by atoms with Gasteiger partial charge in [0.05, 0.1) is 18.9 Å². The van der Waals surface area contributed by atoms with E-state index in [0.717, 1.165) is 0 Å². The van der Waals surface area contributed by atoms with Crippen LogP contribution in [0.5, 0.6) is 11.5 Å². The number of phenolic OH excluding ortho intramolecular Hbond substituents is 1. The fourth-order valence-corrected chi connectivity index (χ4v) is 1.47. The van der Waals surface area contributed by atoms with Gasteiger partial charge in [-0.15, -0.1) is 0 Å². The molecule has 0 unspecified atom stereocenters. The van der Waals surface area contributed by atoms with Crippen LogP contribution < -0.4 is 4.74 Å². The van der Waals surface area contributed by atoms with Crippen LogP contribution in [0.15, 0.2) is 47.1 Å². The second kappa shape index (κ2) is 5.23. The summed E-state index contributed by atoms with van der Waals surface area (Å²) in [6, 6.07) is 7.96. The molecule has 1 heterocycles. The minimum atomic E-state index is -0.317. The van der Waals surface area contributed by atoms with Gasteiger partial charge in [-0.1, -0.05) is 0 Å². The van der Waals surface area contributed by atoms with E-state index in [1.54, 1.807) is 24.3 Å². The minimum Gasteiger partial charge on any atom is -0.507 e. The highest BCUT2D eigenvalue weighted by Gasteiger charge is 2.09. The van der Waals surface area contributed by atoms with E-state index in [1.807, 2.05) is 0 Å². The highest BCUT2D eigenvalue weighted by atomic mass is 16.5. The number of hydrogen-bond donors (Lipinski definition) is 1. The molecule has 4 heteroatoms. The predicted octanol–water partition coefficient (Wildman–Crippen LogP) is 2.89. The molecule has 0 amide bonds. The van der Waals surface area contributed by atoms with Crippen LogP contribution in [0.2, 0.25) is 0 Å². The van der Waals surface area contributed by atoms with E-state index in [1.165, 1.54) is 31.6 Å². The smallest absolute Gasteiger partial charge is 0.189 e. The number of allylic oxidation sites excluding steroid dienone is 1. The molecular formula is C14H12O4. The van der Waals surface area contributed by atoms with E-state index in [9.17, 15) is 9.90 Å². The van der Waals surface area contributed by atoms with Crippen molar-refractivity contribution in [3.63, 3.8) is 0 Å². The largest absolute Gasteiger partial charge is 0.507 e. The van der Waals surface area contributed by atoms with Crippen LogP contribution >= 0.6 is 0 Å². The molecule has 0 aliphatic heterocycles. The Kier molecular flexibility index (Phi) is 3.48. The number of ketones is 1. The van der Waals surface area contributed by atoms with E-state index in [2.05, 4.69) is 0 Å². The van der Waals surface area contributed by atoms with Crippen LogP contribution in [0.3, 0.4) is 0 Å². The van der Waals surface area contributed by atoms with Crippen molar-refractivity contribution in [1.82, 2.24) is 0 Å². The minimum absolute atomic E-state index is 0.0788. The first kappa shape index (κ1) is 12.0. The number of carbonyl (C=O) groups is 1. The second-order valence-corrected chi connectivity index (χ2v) is 3.60. The van der Waals surface area contributed by atoms with Crippen molar-refractivity contribution in [3.8, 4) is 11.5 Å². The number of aromatic hydroxyl groups is 1. The zero-order valence-electron chi connectivity index (χ0n) is 9.79. The van der Waals surface area contributed by atoms with Crippen LogP contribution in [0.1, 0.15) is 16.1 Å². The molecule has 0 radical (unpaired) electrons. The van der Waals surface area contributed by atoms with Gasteiger partial charge in [0, 0.05) is 0 Å². The van der Waals surface area contributed by atoms with E-state index in [-0.39, 0.29) is 17.1 Å². The molecule has 92 valence electrons. The van der Waals surface area contributed by atoms with Gasteiger partial charge in [-0.3, -0.25) is 4.79 Å². The molecule has 1 aromatic heterocycles. The van der Waals surface area contributed by atoms with Crippen molar-refractivity contribution >= 4 is 11.9 Å². The Morgan fingerprint density at radius 1 is 1.39 bits per heavy atom. The zero-order chi connectivity index (χ0) is 13.0. The molecule has 4 nitrogen and oxygen atoms in total. The lowest BCUT2D eigenvalue weighted by Gasteiger charge is -2.03. The van der Waals surface area contributed by atoms with Crippen LogP contribution in [0.25, 0.3) is 6.08 Å². The molecule has 0 aliphatic rings. The topological polar surface area (TPSA) is 59.7 Å². The third-order valence-electron chi connectivity index (χ3n) is 2.41. The molecule has 0 aliphatic carbocycles. The summed E-state index contributed by atoms with van der Waals surface area (Å²) >= 11 is 0. The quantitative estimate of drug-likeness (QED) is 0.663. The highest BCUT2D eigenvalue weighted by molar-refractivity contribution is 6.08. The van der Waals surface area contributed by atoms with Crippen LogP contribution in [0.4, 0.5) is 0 Å². The Morgan fingerprint density at radius 2 is 2.22 bits per heavy atom. The third kappa shape index (κ3) is 2.60. The summed E-state index contributed by atoms with van der Waals surface area (Å²) in [5.41, 5.74) is 0.192. The van der Waals surface area contributed by atoms with Crippen molar-refractivity contribution < 1.29 is 19.1 Å². The zero-order valence-corrected chi connectivity index (χ0v) is 9.79. The summed E-state index contributed by atoms with van der Waals surface area (Å²) in [6.07, 6.45) is 4.40. The summed E-state index contributed by atoms with van der Waals surface area (Å²) in [7, 11) is 1.50. The monoisotopic (exact) mass is 244 g/mol. The van der Waals surface area contributed by atoms with Crippen molar-refractivity contribution in [2.75, 3.05) is 7.11 Å². The first-order chi connectivity index (χ1) is 8.70. The van der Waals surface area contributed by atoms with Gasteiger partial charge in [-0.25, -0.2) is 0 Å². The highest BCUT2D eigenvalue weighted by Crippen LogP contribution is 2.23. The van der Waals surface area contributed by atoms with Gasteiger partial charge in [0.2, 0.25) is 0 Å². The average Bonchev–Trinajstić information content (AvgIpc) is 2.89. The molecule has 0 bridgehead atoms. The fraction of sp³-hybridized carbons (Fsp3) is 0.0714. The van der Waals surface area contributed by atoms with E-state index < -0.39 is 0 Å². The van der Waals surface area contributed by atoms with Crippen molar-refractivity contribution in [2.24, 2.45) is 0 Å². The van der Waals surface area contributed by atoms with Crippen molar-refractivity contribution in [2.45, 2.75) is 0 Å². The molecule has 1 aromatic carbocycles. The first-order valence-electron chi connectivity index (χ1n) is 5.33. The molecule has 1 N–H and O–H groups in total. The summed E-state index contributed by atoms with van der Waals surface area (Å²) in [6.45, 7) is 0. The molecule has 0 saturated carbocycles. The number of furan rings is 1. The molecule has 0 spiro atoms. The molecule has 0 atom stereocenters. The Labute approximate surface area is 104 Å². The van der Waals surface area contributed by atoms with E-state index >= 15 is 0 Å². The van der Waals surface area contributed by atoms with Gasteiger partial charge < -0.3 is 14.3 Å². The lowest BCUT2D eigenvalue weighted by molar-refractivity contribution is 0.104. The summed E-state index contributed by atoms with van der Waals surface area (Å²) < 4.78 is 10.1. The van der Waals surface area contributed by atoms with Crippen LogP contribution in [-0.4, -0.2) is 18.0 Å². The third-order valence-corrected chi connectivity index (χ3v) is 2.41. The molecule has 2 rings (SSSR count). The van der Waals surface area contributed by atoms with E-state index in [4.69, 9.17) is 9.15 Å². The van der Waals surface area contributed by atoms with Crippen molar-refractivity contribution in [1.29, 1.82) is 0 Å². The predicted molar refractivity (Wildman–Crippen MR) is 66.7 cm³/mol. The number of phenols is 1. The molecular weight excluding hydrogens is 232 g/mol. The number of ether oxygens (including phenoxy) is 1. The van der Waals surface area contributed by atoms with Gasteiger partial charge in [0.1, 0.15) is 17.3 Å². The van der Waals surface area contributed by atoms with Crippen LogP contribution in [-0.2, 0) is 0 Å². The summed E-state index contributed by atoms with van der Waals surface area (Å²) in [5.74, 6) is 0.695. The Hall–Kier alpha value is -2.49. The maximum Gasteiger partial charge on any atom is 0.189 e. The summed E-state index contributed by atoms with van der Waals surface area (Å²) in [4.78, 5) is 11.9. The van der Waals surface area contributed by atoms with Crippen molar-refractivity contribution in [3.05, 3.63) is 54.0 Å². The van der Waals surface area contributed by atoms with E-state index in [0.29, 0.717) is 11.5 Å². The number of rotatable bonds is 4. The number of methoxy groups -OCH3 is 1. The van der Waals surface area contributed by atoms with Gasteiger partial charge >= 0.3 is 0 Å². The Balaban J connectivity index is 2.23. The molecule has 2 aromatic rings. The SMILES string of the molecule is COc1ccc(O)c(C(=O)/C=C/c2ccco2)c1. The number of carbonyl (C=O) groups excluding carboxylic acids is 1. The second-order valence-electron chi connectivity index (χ2n) is 3.60. The van der Waals surface area contributed by atoms with Gasteiger partial charge in [0.25, 0.3) is 0 Å². The Bertz CT molecular complexity index is 567. The lowest BCUT2D eigenvalue weighted by atomic mass is 10.1. The molecule has 0 fully saturated rings. The maximum absolute atomic E-state index is 11.9. The number of hydrogen-bond acceptors (Lipinski definition) is 4. The molecule has 18 heavy (non-hydrogen) atoms. The normalized spacial score (nSPS) is 10.7. The average molecular weight is 244 g/mol. The number of benzene rings is 1. The van der Waals surface area contributed by atoms with Gasteiger partial charge in [-0.05, 0) is 42.5 Å². The van der Waals surface area contributed by atoms with Crippen LogP contribution in [0, 0.1) is 0 Å². The van der Waals surface area contributed by atoms with Gasteiger partial charge in [0.15, 0.2) is 5.78 Å². The molecule has 0 saturated heterocycles. The lowest BCUT2D eigenvalue weighted by Crippen LogP contribution is -1.96. The Morgan fingerprint density at radius 3 is 2.89 bits per heavy atom.